The Labute approximate surface area is 148 Å². The largest absolute Gasteiger partial charge is 0.348 e. The first-order valence-corrected chi connectivity index (χ1v) is 8.17. The highest BCUT2D eigenvalue weighted by Gasteiger charge is 2.26. The normalized spacial score (nSPS) is 20.2. The van der Waals surface area contributed by atoms with Gasteiger partial charge in [0.15, 0.2) is 5.69 Å². The zero-order valence-corrected chi connectivity index (χ0v) is 14.6. The molecule has 2 unspecified atom stereocenters. The molecule has 1 aromatic heterocycles. The molecule has 1 saturated carbocycles. The molecule has 0 bridgehead atoms. The Balaban J connectivity index is 0.00000208. The summed E-state index contributed by atoms with van der Waals surface area (Å²) in [5.74, 6) is 0.189. The van der Waals surface area contributed by atoms with Crippen LogP contribution in [0.4, 0.5) is 0 Å². The maximum Gasteiger partial charge on any atom is 0.273 e. The fraction of sp³-hybridized carbons (Fsp3) is 0.471. The molecule has 2 aromatic rings. The fourth-order valence-corrected chi connectivity index (χ4v) is 3.19. The molecule has 2 atom stereocenters. The zero-order chi connectivity index (χ0) is 16.2. The summed E-state index contributed by atoms with van der Waals surface area (Å²) in [4.78, 5) is 12.4. The number of carbonyl (C=O) groups excluding carboxylic acids is 1. The van der Waals surface area contributed by atoms with Gasteiger partial charge in [0.25, 0.3) is 5.91 Å². The molecular weight excluding hydrogens is 326 g/mol. The van der Waals surface area contributed by atoms with Crippen LogP contribution < -0.4 is 11.1 Å². The summed E-state index contributed by atoms with van der Waals surface area (Å²) < 4.78 is 1.63. The van der Waals surface area contributed by atoms with E-state index < -0.39 is 0 Å². The van der Waals surface area contributed by atoms with E-state index in [0.717, 1.165) is 30.5 Å². The van der Waals surface area contributed by atoms with Crippen LogP contribution in [0.2, 0.25) is 0 Å². The van der Waals surface area contributed by atoms with Gasteiger partial charge in [0.1, 0.15) is 0 Å². The molecule has 7 heteroatoms. The van der Waals surface area contributed by atoms with Gasteiger partial charge in [0.2, 0.25) is 0 Å². The summed E-state index contributed by atoms with van der Waals surface area (Å²) in [5.41, 5.74) is 8.19. The first kappa shape index (κ1) is 18.4. The minimum Gasteiger partial charge on any atom is -0.348 e. The lowest BCUT2D eigenvalue weighted by Crippen LogP contribution is -2.44. The molecule has 3 rings (SSSR count). The number of carbonyl (C=O) groups is 1. The predicted molar refractivity (Wildman–Crippen MR) is 95.6 cm³/mol. The molecule has 0 spiro atoms. The van der Waals surface area contributed by atoms with Crippen molar-refractivity contribution < 1.29 is 4.79 Å². The van der Waals surface area contributed by atoms with E-state index in [0.29, 0.717) is 18.2 Å². The molecule has 3 N–H and O–H groups in total. The molecule has 24 heavy (non-hydrogen) atoms. The van der Waals surface area contributed by atoms with E-state index in [1.165, 1.54) is 6.42 Å². The second kappa shape index (κ2) is 8.26. The number of nitrogens with one attached hydrogen (secondary N) is 1. The molecule has 0 radical (unpaired) electrons. The van der Waals surface area contributed by atoms with Crippen LogP contribution in [-0.4, -0.2) is 33.5 Å². The summed E-state index contributed by atoms with van der Waals surface area (Å²) in [6.07, 6.45) is 6.07. The quantitative estimate of drug-likeness (QED) is 0.886. The van der Waals surface area contributed by atoms with E-state index >= 15 is 0 Å². The number of halogens is 1. The van der Waals surface area contributed by atoms with E-state index in [4.69, 9.17) is 5.73 Å². The third-order valence-electron chi connectivity index (χ3n) is 4.52. The van der Waals surface area contributed by atoms with Crippen molar-refractivity contribution in [2.45, 2.75) is 38.6 Å². The third kappa shape index (κ3) is 4.13. The van der Waals surface area contributed by atoms with Crippen LogP contribution in [0.1, 0.15) is 41.7 Å². The van der Waals surface area contributed by atoms with Gasteiger partial charge in [-0.2, -0.15) is 0 Å². The lowest BCUT2D eigenvalue weighted by molar-refractivity contribution is 0.0903. The van der Waals surface area contributed by atoms with Gasteiger partial charge in [-0.1, -0.05) is 30.2 Å². The molecule has 1 heterocycles. The highest BCUT2D eigenvalue weighted by atomic mass is 35.5. The zero-order valence-electron chi connectivity index (χ0n) is 13.8. The van der Waals surface area contributed by atoms with Crippen LogP contribution >= 0.6 is 12.4 Å². The number of hydrogen-bond donors (Lipinski definition) is 2. The summed E-state index contributed by atoms with van der Waals surface area (Å²) in [6, 6.07) is 8.06. The summed E-state index contributed by atoms with van der Waals surface area (Å²) in [5, 5.41) is 11.1. The van der Waals surface area contributed by atoms with Gasteiger partial charge in [0, 0.05) is 6.04 Å². The topological polar surface area (TPSA) is 85.8 Å². The Bertz CT molecular complexity index is 687. The number of amides is 1. The van der Waals surface area contributed by atoms with Gasteiger partial charge in [-0.3, -0.25) is 4.79 Å². The van der Waals surface area contributed by atoms with Crippen molar-refractivity contribution in [2.75, 3.05) is 6.54 Å². The molecule has 130 valence electrons. The lowest BCUT2D eigenvalue weighted by Gasteiger charge is -2.30. The van der Waals surface area contributed by atoms with Crippen LogP contribution in [0.3, 0.4) is 0 Å². The smallest absolute Gasteiger partial charge is 0.273 e. The van der Waals surface area contributed by atoms with E-state index in [-0.39, 0.29) is 24.4 Å². The van der Waals surface area contributed by atoms with Crippen molar-refractivity contribution in [3.05, 3.63) is 41.7 Å². The number of hydrogen-bond acceptors (Lipinski definition) is 4. The lowest BCUT2D eigenvalue weighted by atomic mass is 9.84. The van der Waals surface area contributed by atoms with Crippen molar-refractivity contribution in [3.8, 4) is 5.69 Å². The van der Waals surface area contributed by atoms with Crippen molar-refractivity contribution >= 4 is 18.3 Å². The molecule has 0 aliphatic heterocycles. The second-order valence-electron chi connectivity index (χ2n) is 6.25. The Morgan fingerprint density at radius 1 is 1.38 bits per heavy atom. The van der Waals surface area contributed by atoms with Crippen molar-refractivity contribution in [1.82, 2.24) is 20.3 Å². The van der Waals surface area contributed by atoms with Crippen molar-refractivity contribution in [3.63, 3.8) is 0 Å². The summed E-state index contributed by atoms with van der Waals surface area (Å²) in [6.45, 7) is 2.63. The van der Waals surface area contributed by atoms with E-state index in [1.807, 2.05) is 31.2 Å². The fourth-order valence-electron chi connectivity index (χ4n) is 3.19. The molecule has 1 aliphatic carbocycles. The average Bonchev–Trinajstić information content (AvgIpc) is 3.05. The molecular formula is C17H24ClN5O. The number of nitrogens with two attached hydrogens (primary N) is 1. The minimum atomic E-state index is -0.172. The van der Waals surface area contributed by atoms with Crippen molar-refractivity contribution in [2.24, 2.45) is 11.7 Å². The van der Waals surface area contributed by atoms with Crippen LogP contribution in [0.15, 0.2) is 30.5 Å². The Hall–Kier alpha value is -1.92. The second-order valence-corrected chi connectivity index (χ2v) is 6.25. The Morgan fingerprint density at radius 2 is 2.17 bits per heavy atom. The Kier molecular flexibility index (Phi) is 6.34. The number of benzene rings is 1. The maximum absolute atomic E-state index is 12.4. The van der Waals surface area contributed by atoms with Crippen LogP contribution in [0.5, 0.6) is 0 Å². The molecule has 1 fully saturated rings. The average molecular weight is 350 g/mol. The Morgan fingerprint density at radius 3 is 2.92 bits per heavy atom. The van der Waals surface area contributed by atoms with E-state index in [9.17, 15) is 4.79 Å². The van der Waals surface area contributed by atoms with Gasteiger partial charge >= 0.3 is 0 Å². The van der Waals surface area contributed by atoms with E-state index in [1.54, 1.807) is 10.9 Å². The standard InChI is InChI=1S/C17H23N5O.ClH/c1-12-5-4-7-14(9-12)22-11-16(20-21-22)17(23)19-15-8-3-2-6-13(15)10-18;/h4-5,7,9,11,13,15H,2-3,6,8,10,18H2,1H3,(H,19,23);1H. The maximum atomic E-state index is 12.4. The predicted octanol–water partition coefficient (Wildman–Crippen LogP) is 2.24. The van der Waals surface area contributed by atoms with Crippen LogP contribution in [0, 0.1) is 12.8 Å². The SMILES string of the molecule is Cc1cccc(-n2cc(C(=O)NC3CCCCC3CN)nn2)c1.Cl. The van der Waals surface area contributed by atoms with Gasteiger partial charge in [-0.05, 0) is 49.9 Å². The number of nitrogens with zero attached hydrogens (tertiary/aromatic N) is 3. The highest BCUT2D eigenvalue weighted by Crippen LogP contribution is 2.23. The molecule has 0 saturated heterocycles. The molecule has 6 nitrogen and oxygen atoms in total. The third-order valence-corrected chi connectivity index (χ3v) is 4.52. The highest BCUT2D eigenvalue weighted by molar-refractivity contribution is 5.92. The van der Waals surface area contributed by atoms with Crippen LogP contribution in [0.25, 0.3) is 5.69 Å². The number of aryl methyl sites for hydroxylation is 1. The van der Waals surface area contributed by atoms with Crippen LogP contribution in [-0.2, 0) is 0 Å². The van der Waals surface area contributed by atoms with Gasteiger partial charge < -0.3 is 11.1 Å². The van der Waals surface area contributed by atoms with E-state index in [2.05, 4.69) is 15.6 Å². The summed E-state index contributed by atoms with van der Waals surface area (Å²) >= 11 is 0. The van der Waals surface area contributed by atoms with Gasteiger partial charge in [-0.25, -0.2) is 4.68 Å². The molecule has 1 aliphatic rings. The number of rotatable bonds is 4. The van der Waals surface area contributed by atoms with Crippen molar-refractivity contribution in [1.29, 1.82) is 0 Å². The number of aromatic nitrogens is 3. The molecule has 1 amide bonds. The van der Waals surface area contributed by atoms with Gasteiger partial charge in [-0.15, -0.1) is 17.5 Å². The van der Waals surface area contributed by atoms with Gasteiger partial charge in [0.05, 0.1) is 11.9 Å². The minimum absolute atomic E-state index is 0. The monoisotopic (exact) mass is 349 g/mol. The first-order chi connectivity index (χ1) is 11.2. The summed E-state index contributed by atoms with van der Waals surface area (Å²) in [7, 11) is 0. The molecule has 1 aromatic carbocycles. The first-order valence-electron chi connectivity index (χ1n) is 8.17.